The van der Waals surface area contributed by atoms with E-state index in [4.69, 9.17) is 0 Å². The SMILES string of the molecule is Cc1cccc2c1-c1cccc3c1[C@@](C)(C2)N(C)CC3. The maximum Gasteiger partial charge on any atom is 0.0478 e. The number of likely N-dealkylation sites (N-methyl/N-ethyl adjacent to an activating group) is 1. The van der Waals surface area contributed by atoms with Crippen molar-refractivity contribution < 1.29 is 0 Å². The Morgan fingerprint density at radius 1 is 1.05 bits per heavy atom. The van der Waals surface area contributed by atoms with Crippen LogP contribution in [0.3, 0.4) is 0 Å². The van der Waals surface area contributed by atoms with Crippen LogP contribution >= 0.6 is 0 Å². The summed E-state index contributed by atoms with van der Waals surface area (Å²) in [4.78, 5) is 2.55. The van der Waals surface area contributed by atoms with Gasteiger partial charge in [0, 0.05) is 12.1 Å². The molecule has 0 fully saturated rings. The van der Waals surface area contributed by atoms with E-state index in [-0.39, 0.29) is 5.54 Å². The highest BCUT2D eigenvalue weighted by Gasteiger charge is 2.42. The Morgan fingerprint density at radius 2 is 1.80 bits per heavy atom. The molecule has 1 aliphatic heterocycles. The van der Waals surface area contributed by atoms with Crippen LogP contribution in [-0.2, 0) is 18.4 Å². The van der Waals surface area contributed by atoms with Gasteiger partial charge in [0.15, 0.2) is 0 Å². The van der Waals surface area contributed by atoms with Gasteiger partial charge in [-0.15, -0.1) is 0 Å². The van der Waals surface area contributed by atoms with Crippen molar-refractivity contribution in [2.75, 3.05) is 13.6 Å². The lowest BCUT2D eigenvalue weighted by atomic mass is 9.69. The molecule has 0 N–H and O–H groups in total. The third-order valence-electron chi connectivity index (χ3n) is 5.41. The van der Waals surface area contributed by atoms with Crippen molar-refractivity contribution in [3.63, 3.8) is 0 Å². The second kappa shape index (κ2) is 3.95. The highest BCUT2D eigenvalue weighted by molar-refractivity contribution is 5.79. The summed E-state index contributed by atoms with van der Waals surface area (Å²) >= 11 is 0. The van der Waals surface area contributed by atoms with Crippen LogP contribution in [0.2, 0.25) is 0 Å². The van der Waals surface area contributed by atoms with E-state index in [2.05, 4.69) is 62.2 Å². The van der Waals surface area contributed by atoms with Gasteiger partial charge in [0.2, 0.25) is 0 Å². The molecule has 2 aromatic carbocycles. The lowest BCUT2D eigenvalue weighted by molar-refractivity contribution is 0.122. The molecule has 0 bridgehead atoms. The maximum absolute atomic E-state index is 2.55. The zero-order chi connectivity index (χ0) is 13.9. The first kappa shape index (κ1) is 12.2. The van der Waals surface area contributed by atoms with Crippen LogP contribution in [-0.4, -0.2) is 18.5 Å². The molecular weight excluding hydrogens is 242 g/mol. The zero-order valence-corrected chi connectivity index (χ0v) is 12.5. The van der Waals surface area contributed by atoms with Crippen molar-refractivity contribution >= 4 is 0 Å². The number of fused-ring (bicyclic) bond motifs is 2. The molecule has 2 aromatic rings. The van der Waals surface area contributed by atoms with Crippen LogP contribution in [0, 0.1) is 6.92 Å². The van der Waals surface area contributed by atoms with E-state index in [0.717, 1.165) is 13.0 Å². The van der Waals surface area contributed by atoms with Crippen molar-refractivity contribution in [3.8, 4) is 11.1 Å². The Morgan fingerprint density at radius 3 is 2.65 bits per heavy atom. The van der Waals surface area contributed by atoms with Gasteiger partial charge in [-0.3, -0.25) is 4.90 Å². The van der Waals surface area contributed by atoms with Gasteiger partial charge in [0.1, 0.15) is 0 Å². The first-order chi connectivity index (χ1) is 9.61. The molecule has 0 amide bonds. The quantitative estimate of drug-likeness (QED) is 0.696. The summed E-state index contributed by atoms with van der Waals surface area (Å²) in [6.45, 7) is 5.82. The molecule has 1 heterocycles. The summed E-state index contributed by atoms with van der Waals surface area (Å²) in [6.07, 6.45) is 2.31. The molecule has 1 nitrogen and oxygen atoms in total. The standard InChI is InChI=1S/C19H21N/c1-13-6-4-8-15-12-19(2)18-14(10-11-20(19)3)7-5-9-16(18)17(13)15/h4-9H,10-12H2,1-3H3/t19-/m1/s1. The molecule has 0 saturated carbocycles. The van der Waals surface area contributed by atoms with Crippen LogP contribution in [0.5, 0.6) is 0 Å². The minimum absolute atomic E-state index is 0.158. The molecule has 4 rings (SSSR count). The molecule has 0 saturated heterocycles. The van der Waals surface area contributed by atoms with Crippen LogP contribution in [0.4, 0.5) is 0 Å². The molecule has 1 aliphatic carbocycles. The van der Waals surface area contributed by atoms with Crippen molar-refractivity contribution in [1.82, 2.24) is 4.90 Å². The summed E-state index contributed by atoms with van der Waals surface area (Å²) in [5.41, 5.74) is 9.16. The summed E-state index contributed by atoms with van der Waals surface area (Å²) < 4.78 is 0. The Labute approximate surface area is 121 Å². The van der Waals surface area contributed by atoms with Crippen LogP contribution in [0.25, 0.3) is 11.1 Å². The van der Waals surface area contributed by atoms with Crippen molar-refractivity contribution in [1.29, 1.82) is 0 Å². The number of hydrogen-bond acceptors (Lipinski definition) is 1. The van der Waals surface area contributed by atoms with Crippen LogP contribution in [0.15, 0.2) is 36.4 Å². The summed E-state index contributed by atoms with van der Waals surface area (Å²) in [5.74, 6) is 0. The fourth-order valence-corrected chi connectivity index (χ4v) is 4.23. The predicted octanol–water partition coefficient (Wildman–Crippen LogP) is 3.92. The van der Waals surface area contributed by atoms with E-state index in [9.17, 15) is 0 Å². The fourth-order valence-electron chi connectivity index (χ4n) is 4.23. The van der Waals surface area contributed by atoms with Gasteiger partial charge in [0.05, 0.1) is 0 Å². The zero-order valence-electron chi connectivity index (χ0n) is 12.5. The third-order valence-corrected chi connectivity index (χ3v) is 5.41. The smallest absolute Gasteiger partial charge is 0.0478 e. The number of nitrogens with zero attached hydrogens (tertiary/aromatic N) is 1. The van der Waals surface area contributed by atoms with Gasteiger partial charge >= 0.3 is 0 Å². The highest BCUT2D eigenvalue weighted by Crippen LogP contribution is 2.48. The Hall–Kier alpha value is -1.60. The van der Waals surface area contributed by atoms with Gasteiger partial charge < -0.3 is 0 Å². The second-order valence-electron chi connectivity index (χ2n) is 6.57. The van der Waals surface area contributed by atoms with E-state index < -0.39 is 0 Å². The summed E-state index contributed by atoms with van der Waals surface area (Å²) in [5, 5.41) is 0. The Balaban J connectivity index is 2.10. The van der Waals surface area contributed by atoms with Crippen molar-refractivity contribution in [3.05, 3.63) is 58.7 Å². The third kappa shape index (κ3) is 1.42. The molecule has 20 heavy (non-hydrogen) atoms. The van der Waals surface area contributed by atoms with Gasteiger partial charge in [-0.2, -0.15) is 0 Å². The average Bonchev–Trinajstić information content (AvgIpc) is 2.43. The minimum atomic E-state index is 0.158. The topological polar surface area (TPSA) is 3.24 Å². The molecule has 2 aliphatic rings. The highest BCUT2D eigenvalue weighted by atomic mass is 15.2. The lowest BCUT2D eigenvalue weighted by Gasteiger charge is -2.48. The van der Waals surface area contributed by atoms with E-state index >= 15 is 0 Å². The van der Waals surface area contributed by atoms with E-state index in [0.29, 0.717) is 0 Å². The molecule has 0 unspecified atom stereocenters. The number of rotatable bonds is 0. The monoisotopic (exact) mass is 263 g/mol. The molecule has 1 atom stereocenters. The largest absolute Gasteiger partial charge is 0.296 e. The number of hydrogen-bond donors (Lipinski definition) is 0. The maximum atomic E-state index is 2.55. The van der Waals surface area contributed by atoms with Gasteiger partial charge in [0.25, 0.3) is 0 Å². The number of benzene rings is 2. The average molecular weight is 263 g/mol. The lowest BCUT2D eigenvalue weighted by Crippen LogP contribution is -2.49. The van der Waals surface area contributed by atoms with Crippen LogP contribution in [0.1, 0.15) is 29.2 Å². The van der Waals surface area contributed by atoms with Crippen molar-refractivity contribution in [2.24, 2.45) is 0 Å². The molecule has 102 valence electrons. The Kier molecular flexibility index (Phi) is 2.41. The normalized spacial score (nSPS) is 24.1. The Bertz CT molecular complexity index is 701. The minimum Gasteiger partial charge on any atom is -0.296 e. The van der Waals surface area contributed by atoms with Gasteiger partial charge in [-0.25, -0.2) is 0 Å². The van der Waals surface area contributed by atoms with Crippen LogP contribution < -0.4 is 0 Å². The first-order valence-corrected chi connectivity index (χ1v) is 7.54. The fraction of sp³-hybridized carbons (Fsp3) is 0.368. The molecular formula is C19H21N. The summed E-state index contributed by atoms with van der Waals surface area (Å²) in [7, 11) is 2.28. The molecule has 1 heteroatoms. The van der Waals surface area contributed by atoms with Gasteiger partial charge in [-0.1, -0.05) is 36.4 Å². The predicted molar refractivity (Wildman–Crippen MR) is 84.0 cm³/mol. The summed E-state index contributed by atoms with van der Waals surface area (Å²) in [6, 6.07) is 13.6. The van der Waals surface area contributed by atoms with Crippen molar-refractivity contribution in [2.45, 2.75) is 32.2 Å². The molecule has 0 spiro atoms. The molecule has 0 radical (unpaired) electrons. The van der Waals surface area contributed by atoms with E-state index in [1.54, 1.807) is 11.1 Å². The van der Waals surface area contributed by atoms with E-state index in [1.807, 2.05) is 0 Å². The second-order valence-corrected chi connectivity index (χ2v) is 6.57. The van der Waals surface area contributed by atoms with E-state index in [1.165, 1.54) is 28.7 Å². The van der Waals surface area contributed by atoms with Gasteiger partial charge in [-0.05, 0) is 67.1 Å². The first-order valence-electron chi connectivity index (χ1n) is 7.54. The number of aryl methyl sites for hydroxylation is 1. The molecule has 0 aromatic heterocycles.